The van der Waals surface area contributed by atoms with E-state index in [1.807, 2.05) is 48.7 Å². The molecule has 9 heteroatoms. The van der Waals surface area contributed by atoms with Gasteiger partial charge in [-0.15, -0.1) is 11.3 Å². The molecule has 0 saturated heterocycles. The first-order valence-electron chi connectivity index (χ1n) is 11.4. The van der Waals surface area contributed by atoms with Gasteiger partial charge in [-0.25, -0.2) is 0 Å². The first-order valence-corrected chi connectivity index (χ1v) is 13.1. The minimum absolute atomic E-state index is 0.0000151. The number of benzene rings is 1. The van der Waals surface area contributed by atoms with Crippen molar-refractivity contribution in [2.75, 3.05) is 39.6 Å². The van der Waals surface area contributed by atoms with Crippen molar-refractivity contribution in [3.8, 4) is 0 Å². The van der Waals surface area contributed by atoms with Crippen LogP contribution in [0, 0.1) is 5.92 Å². The zero-order valence-corrected chi connectivity index (χ0v) is 21.7. The van der Waals surface area contributed by atoms with Crippen LogP contribution in [0.1, 0.15) is 29.7 Å². The molecule has 0 saturated carbocycles. The van der Waals surface area contributed by atoms with Gasteiger partial charge in [0.1, 0.15) is 0 Å². The molecule has 2 N–H and O–H groups in total. The molecule has 1 aliphatic rings. The van der Waals surface area contributed by atoms with Crippen molar-refractivity contribution in [2.45, 2.75) is 32.1 Å². The highest BCUT2D eigenvalue weighted by atomic mass is 79.9. The van der Waals surface area contributed by atoms with E-state index < -0.39 is 6.29 Å². The summed E-state index contributed by atoms with van der Waals surface area (Å²) in [5, 5.41) is 13.8. The Hall–Kier alpha value is -1.75. The molecular formula is C25H32BrNO6S. The predicted octanol–water partition coefficient (Wildman–Crippen LogP) is 4.22. The van der Waals surface area contributed by atoms with Gasteiger partial charge in [0.2, 0.25) is 6.29 Å². The van der Waals surface area contributed by atoms with E-state index in [0.29, 0.717) is 46.0 Å². The minimum atomic E-state index is -0.551. The largest absolute Gasteiger partial charge is 0.459 e. The van der Waals surface area contributed by atoms with E-state index in [0.717, 1.165) is 14.9 Å². The molecule has 1 aromatic heterocycles. The second-order valence-corrected chi connectivity index (χ2v) is 9.62. The molecule has 1 aromatic carbocycles. The number of rotatable bonds is 14. The molecular weight excluding hydrogens is 522 g/mol. The fourth-order valence-corrected chi connectivity index (χ4v) is 4.86. The number of ether oxygens (including phenoxy) is 4. The van der Waals surface area contributed by atoms with Crippen LogP contribution < -0.4 is 5.32 Å². The van der Waals surface area contributed by atoms with Gasteiger partial charge >= 0.3 is 0 Å². The van der Waals surface area contributed by atoms with E-state index >= 15 is 0 Å². The van der Waals surface area contributed by atoms with Gasteiger partial charge in [-0.1, -0.05) is 34.1 Å². The molecule has 0 unspecified atom stereocenters. The maximum Gasteiger partial charge on any atom is 0.286 e. The summed E-state index contributed by atoms with van der Waals surface area (Å²) in [6.45, 7) is 4.52. The third kappa shape index (κ3) is 8.18. The van der Waals surface area contributed by atoms with Crippen LogP contribution in [0.15, 0.2) is 58.1 Å². The Bertz CT molecular complexity index is 889. The van der Waals surface area contributed by atoms with Crippen molar-refractivity contribution in [1.29, 1.82) is 0 Å². The summed E-state index contributed by atoms with van der Waals surface area (Å²) in [6.07, 6.45) is 2.06. The standard InChI is InChI=1S/C25H32BrNO6S/c1-2-32-25-20(9-11-30-13-14-31-12-10-28)21(23-4-3-15-34-23)16-22(33-25)24(29)27-17-18-5-7-19(26)8-6-18/h3-8,15-16,20-21,25,28H,2,9-14,17H2,1H3,(H,27,29)/t20-,21-,25+/m1/s1. The van der Waals surface area contributed by atoms with E-state index in [-0.39, 0.29) is 30.1 Å². The van der Waals surface area contributed by atoms with E-state index in [1.54, 1.807) is 11.3 Å². The van der Waals surface area contributed by atoms with Crippen molar-refractivity contribution in [1.82, 2.24) is 5.32 Å². The summed E-state index contributed by atoms with van der Waals surface area (Å²) >= 11 is 5.08. The summed E-state index contributed by atoms with van der Waals surface area (Å²) in [7, 11) is 0. The molecule has 0 spiro atoms. The predicted molar refractivity (Wildman–Crippen MR) is 134 cm³/mol. The summed E-state index contributed by atoms with van der Waals surface area (Å²) in [6, 6.07) is 11.9. The molecule has 0 aliphatic carbocycles. The number of carbonyl (C=O) groups excluding carboxylic acids is 1. The van der Waals surface area contributed by atoms with Crippen molar-refractivity contribution in [2.24, 2.45) is 5.92 Å². The Kier molecular flexibility index (Phi) is 11.5. The van der Waals surface area contributed by atoms with E-state index in [1.165, 1.54) is 0 Å². The molecule has 1 aliphatic heterocycles. The Morgan fingerprint density at radius 3 is 2.59 bits per heavy atom. The van der Waals surface area contributed by atoms with Gasteiger partial charge in [-0.3, -0.25) is 4.79 Å². The Morgan fingerprint density at radius 1 is 1.15 bits per heavy atom. The van der Waals surface area contributed by atoms with Crippen LogP contribution in [0.2, 0.25) is 0 Å². The third-order valence-electron chi connectivity index (χ3n) is 5.38. The normalized spacial score (nSPS) is 20.0. The minimum Gasteiger partial charge on any atom is -0.459 e. The highest BCUT2D eigenvalue weighted by molar-refractivity contribution is 9.10. The fraction of sp³-hybridized carbons (Fsp3) is 0.480. The fourth-order valence-electron chi connectivity index (χ4n) is 3.73. The number of nitrogens with one attached hydrogen (secondary N) is 1. The number of thiophene rings is 1. The van der Waals surface area contributed by atoms with E-state index in [2.05, 4.69) is 27.3 Å². The average molecular weight is 555 g/mol. The van der Waals surface area contributed by atoms with E-state index in [4.69, 9.17) is 24.1 Å². The maximum absolute atomic E-state index is 13.0. The van der Waals surface area contributed by atoms with Gasteiger partial charge in [-0.2, -0.15) is 0 Å². The quantitative estimate of drug-likeness (QED) is 0.340. The van der Waals surface area contributed by atoms with Crippen LogP contribution in [0.4, 0.5) is 0 Å². The molecule has 0 fully saturated rings. The molecule has 1 amide bonds. The number of aliphatic hydroxyl groups excluding tert-OH is 1. The van der Waals surface area contributed by atoms with Gasteiger partial charge < -0.3 is 29.4 Å². The van der Waals surface area contributed by atoms with Crippen LogP contribution in [0.5, 0.6) is 0 Å². The molecule has 3 atom stereocenters. The molecule has 0 radical (unpaired) electrons. The Labute approximate surface area is 213 Å². The zero-order chi connectivity index (χ0) is 24.2. The molecule has 0 bridgehead atoms. The van der Waals surface area contributed by atoms with Crippen LogP contribution >= 0.6 is 27.3 Å². The van der Waals surface area contributed by atoms with Gasteiger partial charge in [0, 0.05) is 40.9 Å². The number of hydrogen-bond donors (Lipinski definition) is 2. The van der Waals surface area contributed by atoms with Crippen LogP contribution in [-0.2, 0) is 30.3 Å². The van der Waals surface area contributed by atoms with Crippen LogP contribution in [-0.4, -0.2) is 56.9 Å². The van der Waals surface area contributed by atoms with E-state index in [9.17, 15) is 4.79 Å². The molecule has 186 valence electrons. The molecule has 3 rings (SSSR count). The second-order valence-electron chi connectivity index (χ2n) is 7.72. The lowest BCUT2D eigenvalue weighted by molar-refractivity contribution is -0.168. The van der Waals surface area contributed by atoms with Crippen molar-refractivity contribution >= 4 is 33.2 Å². The van der Waals surface area contributed by atoms with Crippen LogP contribution in [0.25, 0.3) is 0 Å². The topological polar surface area (TPSA) is 86.3 Å². The highest BCUT2D eigenvalue weighted by Crippen LogP contribution is 2.40. The number of hydrogen-bond acceptors (Lipinski definition) is 7. The van der Waals surface area contributed by atoms with Crippen molar-refractivity contribution in [3.63, 3.8) is 0 Å². The number of amides is 1. The second kappa shape index (κ2) is 14.6. The highest BCUT2D eigenvalue weighted by Gasteiger charge is 2.38. The third-order valence-corrected chi connectivity index (χ3v) is 6.88. The van der Waals surface area contributed by atoms with Crippen molar-refractivity contribution in [3.05, 3.63) is 68.5 Å². The van der Waals surface area contributed by atoms with Crippen LogP contribution in [0.3, 0.4) is 0 Å². The molecule has 2 heterocycles. The van der Waals surface area contributed by atoms with Gasteiger partial charge in [0.25, 0.3) is 5.91 Å². The summed E-state index contributed by atoms with van der Waals surface area (Å²) in [4.78, 5) is 14.1. The summed E-state index contributed by atoms with van der Waals surface area (Å²) in [5.74, 6) is 0.00129. The lowest BCUT2D eigenvalue weighted by atomic mass is 9.85. The first-order chi connectivity index (χ1) is 16.6. The number of aliphatic hydroxyl groups is 1. The molecule has 2 aromatic rings. The SMILES string of the molecule is CCO[C@H]1OC(C(=O)NCc2ccc(Br)cc2)=C[C@@H](c2cccs2)[C@H]1CCOCCOCCO. The van der Waals surface area contributed by atoms with Gasteiger partial charge in [-0.05, 0) is 48.6 Å². The summed E-state index contributed by atoms with van der Waals surface area (Å²) < 4.78 is 24.0. The van der Waals surface area contributed by atoms with Gasteiger partial charge in [0.15, 0.2) is 5.76 Å². The first kappa shape index (κ1) is 26.8. The Morgan fingerprint density at radius 2 is 1.91 bits per heavy atom. The molecule has 7 nitrogen and oxygen atoms in total. The molecule has 34 heavy (non-hydrogen) atoms. The lowest BCUT2D eigenvalue weighted by Crippen LogP contribution is -2.39. The monoisotopic (exact) mass is 553 g/mol. The van der Waals surface area contributed by atoms with Crippen molar-refractivity contribution < 1.29 is 28.8 Å². The number of halogens is 1. The zero-order valence-electron chi connectivity index (χ0n) is 19.3. The maximum atomic E-state index is 13.0. The Balaban J connectivity index is 1.67. The van der Waals surface area contributed by atoms with Gasteiger partial charge in [0.05, 0.1) is 26.4 Å². The summed E-state index contributed by atoms with van der Waals surface area (Å²) in [5.41, 5.74) is 1.00. The number of allylic oxidation sites excluding steroid dienone is 1. The average Bonchev–Trinajstić information content (AvgIpc) is 3.38. The smallest absolute Gasteiger partial charge is 0.286 e. The lowest BCUT2D eigenvalue weighted by Gasteiger charge is -2.36. The number of carbonyl (C=O) groups is 1.